The molecule has 0 spiro atoms. The maximum atomic E-state index is 11.8. The van der Waals surface area contributed by atoms with Crippen LogP contribution in [0.2, 0.25) is 0 Å². The quantitative estimate of drug-likeness (QED) is 0.675. The number of benzene rings is 2. The third-order valence-electron chi connectivity index (χ3n) is 4.25. The summed E-state index contributed by atoms with van der Waals surface area (Å²) in [7, 11) is 0. The van der Waals surface area contributed by atoms with Crippen LogP contribution in [0.15, 0.2) is 54.6 Å². The molecule has 0 heterocycles. The molecule has 0 bridgehead atoms. The Bertz CT molecular complexity index is 739. The highest BCUT2D eigenvalue weighted by Gasteiger charge is 2.25. The summed E-state index contributed by atoms with van der Waals surface area (Å²) in [5, 5.41) is 0. The molecule has 1 saturated carbocycles. The van der Waals surface area contributed by atoms with Crippen molar-refractivity contribution in [2.24, 2.45) is 5.92 Å². The zero-order valence-electron chi connectivity index (χ0n) is 13.6. The van der Waals surface area contributed by atoms with Gasteiger partial charge in [0.15, 0.2) is 0 Å². The summed E-state index contributed by atoms with van der Waals surface area (Å²) >= 11 is 0. The highest BCUT2D eigenvalue weighted by Crippen LogP contribution is 2.26. The monoisotopic (exact) mass is 319 g/mol. The van der Waals surface area contributed by atoms with E-state index in [0.717, 1.165) is 30.4 Å². The van der Waals surface area contributed by atoms with Gasteiger partial charge >= 0.3 is 0 Å². The number of hydrogen-bond acceptors (Lipinski definition) is 2. The van der Waals surface area contributed by atoms with Crippen LogP contribution in [0.3, 0.4) is 0 Å². The Morgan fingerprint density at radius 2 is 1.83 bits per heavy atom. The number of amides is 1. The Morgan fingerprint density at radius 1 is 1.08 bits per heavy atom. The molecule has 1 amide bonds. The van der Waals surface area contributed by atoms with Crippen LogP contribution in [0.5, 0.6) is 0 Å². The van der Waals surface area contributed by atoms with Crippen LogP contribution in [-0.2, 0) is 22.7 Å². The highest BCUT2D eigenvalue weighted by atomic mass is 16.6. The average Bonchev–Trinajstić information content (AvgIpc) is 2.56. The van der Waals surface area contributed by atoms with Crippen LogP contribution >= 0.6 is 0 Å². The molecule has 1 N–H and O–H groups in total. The van der Waals surface area contributed by atoms with Crippen molar-refractivity contribution in [1.82, 2.24) is 5.48 Å². The van der Waals surface area contributed by atoms with Gasteiger partial charge in [0, 0.05) is 17.9 Å². The van der Waals surface area contributed by atoms with E-state index in [-0.39, 0.29) is 11.8 Å². The van der Waals surface area contributed by atoms with E-state index >= 15 is 0 Å². The number of carbonyl (C=O) groups excluding carboxylic acids is 1. The second-order valence-electron chi connectivity index (χ2n) is 6.00. The third kappa shape index (κ3) is 4.47. The van der Waals surface area contributed by atoms with E-state index in [1.165, 1.54) is 5.56 Å². The van der Waals surface area contributed by atoms with Gasteiger partial charge in [-0.2, -0.15) is 0 Å². The summed E-state index contributed by atoms with van der Waals surface area (Å²) in [5.41, 5.74) is 5.67. The van der Waals surface area contributed by atoms with Crippen molar-refractivity contribution in [1.29, 1.82) is 0 Å². The lowest BCUT2D eigenvalue weighted by atomic mass is 9.85. The van der Waals surface area contributed by atoms with E-state index in [1.54, 1.807) is 0 Å². The predicted molar refractivity (Wildman–Crippen MR) is 93.7 cm³/mol. The molecule has 0 aliphatic heterocycles. The van der Waals surface area contributed by atoms with Gasteiger partial charge in [-0.1, -0.05) is 66.8 Å². The molecule has 0 aromatic heterocycles. The Kier molecular flexibility index (Phi) is 5.65. The van der Waals surface area contributed by atoms with Crippen LogP contribution in [0.1, 0.15) is 36.0 Å². The molecule has 2 aromatic rings. The van der Waals surface area contributed by atoms with Gasteiger partial charge < -0.3 is 0 Å². The zero-order valence-corrected chi connectivity index (χ0v) is 13.6. The zero-order chi connectivity index (χ0) is 16.6. The van der Waals surface area contributed by atoms with Gasteiger partial charge in [-0.25, -0.2) is 5.48 Å². The first-order chi connectivity index (χ1) is 11.8. The van der Waals surface area contributed by atoms with Gasteiger partial charge in [-0.3, -0.25) is 9.63 Å². The Hall–Kier alpha value is -2.57. The Balaban J connectivity index is 1.55. The van der Waals surface area contributed by atoms with Crippen LogP contribution < -0.4 is 5.48 Å². The lowest BCUT2D eigenvalue weighted by molar-refractivity contribution is -0.141. The predicted octanol–water partition coefficient (Wildman–Crippen LogP) is 3.63. The molecule has 0 radical (unpaired) electrons. The fourth-order valence-electron chi connectivity index (χ4n) is 2.54. The molecule has 1 aliphatic carbocycles. The van der Waals surface area contributed by atoms with Crippen molar-refractivity contribution < 1.29 is 9.63 Å². The molecule has 1 aliphatic rings. The molecule has 24 heavy (non-hydrogen) atoms. The van der Waals surface area contributed by atoms with E-state index in [9.17, 15) is 4.79 Å². The standard InChI is InChI=1S/C21H21NO2/c23-21(19-14-7-15-19)22-24-16-20-12-5-4-11-18(20)13-6-10-17-8-2-1-3-9-17/h1-5,8-9,11-12,19H,7,10,14-16H2,(H,22,23). The largest absolute Gasteiger partial charge is 0.273 e. The Labute approximate surface area is 143 Å². The lowest BCUT2D eigenvalue weighted by Crippen LogP contribution is -2.34. The summed E-state index contributed by atoms with van der Waals surface area (Å²) in [6, 6.07) is 18.0. The van der Waals surface area contributed by atoms with Gasteiger partial charge in [-0.15, -0.1) is 0 Å². The van der Waals surface area contributed by atoms with Gasteiger partial charge in [0.2, 0.25) is 5.91 Å². The fraction of sp³-hybridized carbons (Fsp3) is 0.286. The van der Waals surface area contributed by atoms with Crippen molar-refractivity contribution in [3.05, 3.63) is 71.3 Å². The number of hydrogen-bond donors (Lipinski definition) is 1. The van der Waals surface area contributed by atoms with E-state index < -0.39 is 0 Å². The number of carbonyl (C=O) groups is 1. The van der Waals surface area contributed by atoms with Gasteiger partial charge in [0.1, 0.15) is 6.61 Å². The molecular formula is C21H21NO2. The minimum atomic E-state index is -0.00565. The minimum Gasteiger partial charge on any atom is -0.273 e. The second kappa shape index (κ2) is 8.33. The normalized spacial score (nSPS) is 13.5. The summed E-state index contributed by atoms with van der Waals surface area (Å²) in [6.45, 7) is 0.328. The second-order valence-corrected chi connectivity index (χ2v) is 6.00. The lowest BCUT2D eigenvalue weighted by Gasteiger charge is -2.23. The molecule has 3 rings (SSSR count). The average molecular weight is 319 g/mol. The van der Waals surface area contributed by atoms with E-state index in [1.807, 2.05) is 42.5 Å². The number of hydroxylamine groups is 1. The molecule has 0 saturated heterocycles. The maximum absolute atomic E-state index is 11.8. The summed E-state index contributed by atoms with van der Waals surface area (Å²) in [5.74, 6) is 6.53. The molecule has 2 aromatic carbocycles. The molecular weight excluding hydrogens is 298 g/mol. The van der Waals surface area contributed by atoms with Gasteiger partial charge in [0.25, 0.3) is 0 Å². The first-order valence-electron chi connectivity index (χ1n) is 8.35. The smallest absolute Gasteiger partial charge is 0.246 e. The van der Waals surface area contributed by atoms with Gasteiger partial charge in [-0.05, 0) is 30.0 Å². The molecule has 122 valence electrons. The molecule has 3 nitrogen and oxygen atoms in total. The van der Waals surface area contributed by atoms with Crippen molar-refractivity contribution in [2.75, 3.05) is 0 Å². The summed E-state index contributed by atoms with van der Waals surface area (Å²) < 4.78 is 0. The molecule has 0 atom stereocenters. The maximum Gasteiger partial charge on any atom is 0.246 e. The number of nitrogens with one attached hydrogen (secondary N) is 1. The highest BCUT2D eigenvalue weighted by molar-refractivity contribution is 5.78. The van der Waals surface area contributed by atoms with Gasteiger partial charge in [0.05, 0.1) is 0 Å². The fourth-order valence-corrected chi connectivity index (χ4v) is 2.54. The number of rotatable bonds is 5. The third-order valence-corrected chi connectivity index (χ3v) is 4.25. The van der Waals surface area contributed by atoms with E-state index in [4.69, 9.17) is 4.84 Å². The van der Waals surface area contributed by atoms with Crippen LogP contribution in [0.4, 0.5) is 0 Å². The van der Waals surface area contributed by atoms with Crippen molar-refractivity contribution in [3.63, 3.8) is 0 Å². The van der Waals surface area contributed by atoms with Crippen LogP contribution in [0.25, 0.3) is 0 Å². The Morgan fingerprint density at radius 3 is 2.58 bits per heavy atom. The first-order valence-corrected chi connectivity index (χ1v) is 8.35. The SMILES string of the molecule is O=C(NOCc1ccccc1C#CCc1ccccc1)C1CCC1. The van der Waals surface area contributed by atoms with Crippen molar-refractivity contribution in [3.8, 4) is 11.8 Å². The summed E-state index contributed by atoms with van der Waals surface area (Å²) in [4.78, 5) is 17.1. The summed E-state index contributed by atoms with van der Waals surface area (Å²) in [6.07, 6.45) is 3.79. The van der Waals surface area contributed by atoms with Crippen LogP contribution in [-0.4, -0.2) is 5.91 Å². The molecule has 1 fully saturated rings. The topological polar surface area (TPSA) is 38.3 Å². The molecule has 3 heteroatoms. The molecule has 0 unspecified atom stereocenters. The minimum absolute atomic E-state index is 0.00565. The van der Waals surface area contributed by atoms with Crippen molar-refractivity contribution >= 4 is 5.91 Å². The van der Waals surface area contributed by atoms with Crippen LogP contribution in [0, 0.1) is 17.8 Å². The van der Waals surface area contributed by atoms with E-state index in [0.29, 0.717) is 13.0 Å². The van der Waals surface area contributed by atoms with Crippen molar-refractivity contribution in [2.45, 2.75) is 32.3 Å². The first kappa shape index (κ1) is 16.3. The van der Waals surface area contributed by atoms with E-state index in [2.05, 4.69) is 29.5 Å².